The van der Waals surface area contributed by atoms with Gasteiger partial charge in [-0.25, -0.2) is 0 Å². The molecule has 13 heavy (non-hydrogen) atoms. The molecule has 1 rings (SSSR count). The molecule has 1 aromatic rings. The van der Waals surface area contributed by atoms with E-state index in [0.717, 1.165) is 6.42 Å². The van der Waals surface area contributed by atoms with Gasteiger partial charge in [0.1, 0.15) is 0 Å². The Kier molecular flexibility index (Phi) is 3.15. The molecule has 0 aliphatic rings. The van der Waals surface area contributed by atoms with Gasteiger partial charge in [0, 0.05) is 25.4 Å². The highest BCUT2D eigenvalue weighted by Gasteiger charge is 2.28. The van der Waals surface area contributed by atoms with Gasteiger partial charge in [-0.1, -0.05) is 13.8 Å². The van der Waals surface area contributed by atoms with Crippen LogP contribution in [0.25, 0.3) is 0 Å². The van der Waals surface area contributed by atoms with Crippen LogP contribution in [-0.2, 0) is 11.2 Å². The van der Waals surface area contributed by atoms with Crippen molar-refractivity contribution < 1.29 is 4.74 Å². The smallest absolute Gasteiger partial charge is 0.0727 e. The molecule has 0 aliphatic heterocycles. The zero-order valence-corrected chi connectivity index (χ0v) is 8.92. The van der Waals surface area contributed by atoms with Crippen LogP contribution in [0.15, 0.2) is 18.3 Å². The Hall–Kier alpha value is -0.760. The van der Waals surface area contributed by atoms with Gasteiger partial charge < -0.3 is 9.72 Å². The van der Waals surface area contributed by atoms with Gasteiger partial charge in [-0.05, 0) is 25.0 Å². The summed E-state index contributed by atoms with van der Waals surface area (Å²) in [6.45, 7) is 6.53. The number of aromatic nitrogens is 1. The van der Waals surface area contributed by atoms with E-state index in [1.54, 1.807) is 7.11 Å². The number of rotatable bonds is 4. The summed E-state index contributed by atoms with van der Waals surface area (Å²) in [6, 6.07) is 4.12. The molecule has 1 heterocycles. The second-order valence-electron chi connectivity index (χ2n) is 4.04. The summed E-state index contributed by atoms with van der Waals surface area (Å²) in [4.78, 5) is 3.20. The number of aromatic amines is 1. The highest BCUT2D eigenvalue weighted by atomic mass is 16.5. The van der Waals surface area contributed by atoms with Crippen molar-refractivity contribution in [2.75, 3.05) is 7.11 Å². The average Bonchev–Trinajstić information content (AvgIpc) is 2.56. The maximum absolute atomic E-state index is 5.55. The number of H-pyrrole nitrogens is 1. The van der Waals surface area contributed by atoms with Crippen molar-refractivity contribution in [1.29, 1.82) is 0 Å². The van der Waals surface area contributed by atoms with Crippen LogP contribution in [0.1, 0.15) is 26.5 Å². The molecule has 1 N–H and O–H groups in total. The van der Waals surface area contributed by atoms with Gasteiger partial charge in [-0.15, -0.1) is 0 Å². The Morgan fingerprint density at radius 2 is 2.23 bits per heavy atom. The highest BCUT2D eigenvalue weighted by molar-refractivity contribution is 5.07. The largest absolute Gasteiger partial charge is 0.378 e. The first kappa shape index (κ1) is 10.3. The SMILES string of the molecule is COC(C)(Cc1ccc[nH]1)C(C)C. The Labute approximate surface area is 80.3 Å². The maximum Gasteiger partial charge on any atom is 0.0727 e. The van der Waals surface area contributed by atoms with E-state index in [2.05, 4.69) is 31.8 Å². The minimum absolute atomic E-state index is 0.0646. The molecular weight excluding hydrogens is 162 g/mol. The zero-order valence-electron chi connectivity index (χ0n) is 8.92. The van der Waals surface area contributed by atoms with E-state index in [-0.39, 0.29) is 5.60 Å². The number of methoxy groups -OCH3 is 1. The lowest BCUT2D eigenvalue weighted by Gasteiger charge is -2.32. The Bertz CT molecular complexity index is 241. The summed E-state index contributed by atoms with van der Waals surface area (Å²) in [7, 11) is 1.78. The van der Waals surface area contributed by atoms with Crippen molar-refractivity contribution in [2.24, 2.45) is 5.92 Å². The fourth-order valence-corrected chi connectivity index (χ4v) is 1.37. The van der Waals surface area contributed by atoms with Gasteiger partial charge in [-0.3, -0.25) is 0 Å². The van der Waals surface area contributed by atoms with Crippen LogP contribution >= 0.6 is 0 Å². The first-order valence-electron chi connectivity index (χ1n) is 4.76. The van der Waals surface area contributed by atoms with Crippen LogP contribution in [-0.4, -0.2) is 17.7 Å². The number of nitrogens with one attached hydrogen (secondary N) is 1. The lowest BCUT2D eigenvalue weighted by atomic mass is 9.88. The predicted molar refractivity (Wildman–Crippen MR) is 54.7 cm³/mol. The number of hydrogen-bond acceptors (Lipinski definition) is 1. The quantitative estimate of drug-likeness (QED) is 0.759. The molecule has 0 aromatic carbocycles. The maximum atomic E-state index is 5.55. The van der Waals surface area contributed by atoms with Crippen molar-refractivity contribution >= 4 is 0 Å². The highest BCUT2D eigenvalue weighted by Crippen LogP contribution is 2.24. The Balaban J connectivity index is 2.69. The molecule has 0 aliphatic carbocycles. The fraction of sp³-hybridized carbons (Fsp3) is 0.636. The third kappa shape index (κ3) is 2.34. The lowest BCUT2D eigenvalue weighted by molar-refractivity contribution is -0.0321. The van der Waals surface area contributed by atoms with E-state index in [1.807, 2.05) is 12.3 Å². The van der Waals surface area contributed by atoms with E-state index in [4.69, 9.17) is 4.74 Å². The van der Waals surface area contributed by atoms with E-state index < -0.39 is 0 Å². The molecule has 0 radical (unpaired) electrons. The first-order chi connectivity index (χ1) is 6.08. The van der Waals surface area contributed by atoms with Crippen LogP contribution in [0.3, 0.4) is 0 Å². The summed E-state index contributed by atoms with van der Waals surface area (Å²) in [5.41, 5.74) is 1.17. The van der Waals surface area contributed by atoms with E-state index >= 15 is 0 Å². The van der Waals surface area contributed by atoms with Gasteiger partial charge in [0.05, 0.1) is 5.60 Å². The minimum Gasteiger partial charge on any atom is -0.378 e. The summed E-state index contributed by atoms with van der Waals surface area (Å²) in [5, 5.41) is 0. The van der Waals surface area contributed by atoms with Crippen LogP contribution in [0.2, 0.25) is 0 Å². The van der Waals surface area contributed by atoms with Crippen LogP contribution in [0.4, 0.5) is 0 Å². The second-order valence-corrected chi connectivity index (χ2v) is 4.04. The second kappa shape index (κ2) is 3.97. The molecule has 2 heteroatoms. The molecule has 0 saturated carbocycles. The monoisotopic (exact) mass is 181 g/mol. The molecule has 0 spiro atoms. The van der Waals surface area contributed by atoms with Gasteiger partial charge in [-0.2, -0.15) is 0 Å². The van der Waals surface area contributed by atoms with E-state index in [0.29, 0.717) is 5.92 Å². The normalized spacial score (nSPS) is 16.1. The molecule has 1 aromatic heterocycles. The van der Waals surface area contributed by atoms with Gasteiger partial charge in [0.15, 0.2) is 0 Å². The molecule has 74 valence electrons. The molecule has 1 unspecified atom stereocenters. The summed E-state index contributed by atoms with van der Waals surface area (Å²) < 4.78 is 5.55. The van der Waals surface area contributed by atoms with Crippen molar-refractivity contribution in [2.45, 2.75) is 32.8 Å². The molecule has 0 fully saturated rings. The Morgan fingerprint density at radius 3 is 2.62 bits per heavy atom. The van der Waals surface area contributed by atoms with Crippen LogP contribution < -0.4 is 0 Å². The third-order valence-electron chi connectivity index (χ3n) is 2.89. The first-order valence-corrected chi connectivity index (χ1v) is 4.76. The number of ether oxygens (including phenoxy) is 1. The topological polar surface area (TPSA) is 25.0 Å². The van der Waals surface area contributed by atoms with Crippen molar-refractivity contribution in [3.05, 3.63) is 24.0 Å². The molecule has 0 bridgehead atoms. The average molecular weight is 181 g/mol. The van der Waals surface area contributed by atoms with Gasteiger partial charge in [0.25, 0.3) is 0 Å². The minimum atomic E-state index is -0.0646. The summed E-state index contributed by atoms with van der Waals surface area (Å²) in [6.07, 6.45) is 2.89. The third-order valence-corrected chi connectivity index (χ3v) is 2.89. The molecule has 0 amide bonds. The van der Waals surface area contributed by atoms with Crippen molar-refractivity contribution in [1.82, 2.24) is 4.98 Å². The summed E-state index contributed by atoms with van der Waals surface area (Å²) >= 11 is 0. The molecule has 1 atom stereocenters. The van der Waals surface area contributed by atoms with Crippen molar-refractivity contribution in [3.63, 3.8) is 0 Å². The fourth-order valence-electron chi connectivity index (χ4n) is 1.37. The van der Waals surface area contributed by atoms with Gasteiger partial charge >= 0.3 is 0 Å². The molecular formula is C11H19NO. The summed E-state index contributed by atoms with van der Waals surface area (Å²) in [5.74, 6) is 0.515. The van der Waals surface area contributed by atoms with E-state index in [9.17, 15) is 0 Å². The van der Waals surface area contributed by atoms with Crippen LogP contribution in [0, 0.1) is 5.92 Å². The van der Waals surface area contributed by atoms with Crippen LogP contribution in [0.5, 0.6) is 0 Å². The standard InChI is InChI=1S/C11H19NO/c1-9(2)11(3,13-4)8-10-6-5-7-12-10/h5-7,9,12H,8H2,1-4H3. The zero-order chi connectivity index (χ0) is 9.90. The number of hydrogen-bond donors (Lipinski definition) is 1. The van der Waals surface area contributed by atoms with Crippen molar-refractivity contribution in [3.8, 4) is 0 Å². The Morgan fingerprint density at radius 1 is 1.54 bits per heavy atom. The lowest BCUT2D eigenvalue weighted by Crippen LogP contribution is -2.36. The molecule has 0 saturated heterocycles. The van der Waals surface area contributed by atoms with Gasteiger partial charge in [0.2, 0.25) is 0 Å². The van der Waals surface area contributed by atoms with E-state index in [1.165, 1.54) is 5.69 Å². The predicted octanol–water partition coefficient (Wildman–Crippen LogP) is 2.62. The molecule has 2 nitrogen and oxygen atoms in total.